The van der Waals surface area contributed by atoms with Gasteiger partial charge in [0, 0.05) is 41.0 Å². The number of amides is 1. The van der Waals surface area contributed by atoms with Crippen molar-refractivity contribution in [2.45, 2.75) is 37.5 Å². The molecule has 0 unspecified atom stereocenters. The predicted molar refractivity (Wildman–Crippen MR) is 120 cm³/mol. The molecule has 3 rings (SSSR count). The third kappa shape index (κ3) is 5.35. The number of rotatable bonds is 8. The summed E-state index contributed by atoms with van der Waals surface area (Å²) in [5.41, 5.74) is 1.32. The van der Waals surface area contributed by atoms with Crippen LogP contribution in [0.4, 0.5) is 5.69 Å². The number of aromatic nitrogens is 1. The van der Waals surface area contributed by atoms with E-state index in [1.807, 2.05) is 29.7 Å². The first-order chi connectivity index (χ1) is 14.4. The number of nitro benzene ring substituents is 1. The van der Waals surface area contributed by atoms with Gasteiger partial charge in [0.05, 0.1) is 21.7 Å². The van der Waals surface area contributed by atoms with Crippen molar-refractivity contribution >= 4 is 44.9 Å². The monoisotopic (exact) mass is 445 g/mol. The van der Waals surface area contributed by atoms with Gasteiger partial charge in [0.2, 0.25) is 0 Å². The highest BCUT2D eigenvalue weighted by molar-refractivity contribution is 7.99. The molecule has 0 radical (unpaired) electrons. The molecule has 0 saturated carbocycles. The molecule has 0 N–H and O–H groups in total. The van der Waals surface area contributed by atoms with Crippen molar-refractivity contribution < 1.29 is 14.5 Å². The van der Waals surface area contributed by atoms with Gasteiger partial charge < -0.3 is 9.30 Å². The van der Waals surface area contributed by atoms with E-state index >= 15 is 0 Å². The fraction of sp³-hybridized carbons (Fsp3) is 0.333. The minimum Gasteiger partial charge on any atom is -0.380 e. The summed E-state index contributed by atoms with van der Waals surface area (Å²) in [5.74, 6) is -0.340. The SMILES string of the molecule is CCOCCn1c(=NC(=O)c2cccc(SC(C)C)c2)sc2cc([N+](=O)[O-])ccc21. The Kier molecular flexibility index (Phi) is 7.41. The molecule has 0 fully saturated rings. The number of non-ortho nitro benzene ring substituents is 1. The number of carbonyl (C=O) groups is 1. The van der Waals surface area contributed by atoms with Crippen LogP contribution in [0.3, 0.4) is 0 Å². The van der Waals surface area contributed by atoms with Crippen LogP contribution >= 0.6 is 23.1 Å². The largest absolute Gasteiger partial charge is 0.380 e. The molecule has 0 aliphatic rings. The van der Waals surface area contributed by atoms with E-state index in [1.165, 1.54) is 23.5 Å². The van der Waals surface area contributed by atoms with Crippen LogP contribution in [-0.4, -0.2) is 33.9 Å². The summed E-state index contributed by atoms with van der Waals surface area (Å²) in [4.78, 5) is 29.4. The Bertz CT molecular complexity index is 1130. The van der Waals surface area contributed by atoms with E-state index in [1.54, 1.807) is 23.9 Å². The molecule has 0 aliphatic carbocycles. The molecular formula is C21H23N3O4S2. The van der Waals surface area contributed by atoms with Gasteiger partial charge in [0.15, 0.2) is 4.80 Å². The van der Waals surface area contributed by atoms with Gasteiger partial charge >= 0.3 is 0 Å². The van der Waals surface area contributed by atoms with Crippen molar-refractivity contribution in [3.63, 3.8) is 0 Å². The minimum absolute atomic E-state index is 0.0111. The molecule has 158 valence electrons. The molecule has 30 heavy (non-hydrogen) atoms. The van der Waals surface area contributed by atoms with Crippen molar-refractivity contribution in [3.8, 4) is 0 Å². The van der Waals surface area contributed by atoms with E-state index < -0.39 is 4.92 Å². The molecule has 1 heterocycles. The van der Waals surface area contributed by atoms with Crippen LogP contribution < -0.4 is 4.80 Å². The fourth-order valence-corrected chi connectivity index (χ4v) is 4.89. The van der Waals surface area contributed by atoms with Crippen LogP contribution in [0.5, 0.6) is 0 Å². The molecule has 2 aromatic carbocycles. The van der Waals surface area contributed by atoms with Crippen molar-refractivity contribution in [1.82, 2.24) is 4.57 Å². The van der Waals surface area contributed by atoms with Crippen molar-refractivity contribution in [3.05, 3.63) is 62.9 Å². The van der Waals surface area contributed by atoms with Gasteiger partial charge in [0.25, 0.3) is 11.6 Å². The minimum atomic E-state index is -0.427. The molecule has 0 aliphatic heterocycles. The number of nitro groups is 1. The van der Waals surface area contributed by atoms with Crippen molar-refractivity contribution in [2.75, 3.05) is 13.2 Å². The highest BCUT2D eigenvalue weighted by Gasteiger charge is 2.14. The van der Waals surface area contributed by atoms with Crippen LogP contribution in [0, 0.1) is 10.1 Å². The number of thiazole rings is 1. The van der Waals surface area contributed by atoms with Gasteiger partial charge in [-0.2, -0.15) is 4.99 Å². The zero-order valence-corrected chi connectivity index (χ0v) is 18.7. The molecule has 0 atom stereocenters. The number of ether oxygens (including phenoxy) is 1. The van der Waals surface area contributed by atoms with Gasteiger partial charge in [-0.05, 0) is 31.2 Å². The van der Waals surface area contributed by atoms with Crippen LogP contribution in [0.15, 0.2) is 52.4 Å². The second-order valence-corrected chi connectivity index (χ2v) is 9.41. The Balaban J connectivity index is 2.04. The highest BCUT2D eigenvalue weighted by Crippen LogP contribution is 2.25. The zero-order chi connectivity index (χ0) is 21.7. The smallest absolute Gasteiger partial charge is 0.279 e. The number of benzene rings is 2. The normalized spacial score (nSPS) is 12.1. The second-order valence-electron chi connectivity index (χ2n) is 6.75. The maximum Gasteiger partial charge on any atom is 0.279 e. The zero-order valence-electron chi connectivity index (χ0n) is 17.0. The van der Waals surface area contributed by atoms with E-state index in [9.17, 15) is 14.9 Å². The first-order valence-electron chi connectivity index (χ1n) is 9.60. The Morgan fingerprint density at radius 1 is 1.30 bits per heavy atom. The van der Waals surface area contributed by atoms with Crippen LogP contribution in [-0.2, 0) is 11.3 Å². The number of thioether (sulfide) groups is 1. The van der Waals surface area contributed by atoms with Gasteiger partial charge in [-0.1, -0.05) is 31.3 Å². The Morgan fingerprint density at radius 3 is 2.80 bits per heavy atom. The summed E-state index contributed by atoms with van der Waals surface area (Å²) in [6, 6.07) is 12.1. The summed E-state index contributed by atoms with van der Waals surface area (Å²) in [7, 11) is 0. The van der Waals surface area contributed by atoms with Gasteiger partial charge in [-0.15, -0.1) is 11.8 Å². The molecule has 3 aromatic rings. The van der Waals surface area contributed by atoms with Crippen LogP contribution in [0.25, 0.3) is 10.2 Å². The average molecular weight is 446 g/mol. The number of carbonyl (C=O) groups excluding carboxylic acids is 1. The maximum absolute atomic E-state index is 12.9. The van der Waals surface area contributed by atoms with Crippen molar-refractivity contribution in [1.29, 1.82) is 0 Å². The standard InChI is InChI=1S/C21H23N3O4S2/c1-4-28-11-10-23-18-9-8-16(24(26)27)13-19(18)30-21(23)22-20(25)15-6-5-7-17(12-15)29-14(2)3/h5-9,12-14H,4,10-11H2,1-3H3. The lowest BCUT2D eigenvalue weighted by Crippen LogP contribution is -2.19. The second kappa shape index (κ2) is 10.0. The van der Waals surface area contributed by atoms with Gasteiger partial charge in [0.1, 0.15) is 0 Å². The Labute approximate surface area is 182 Å². The lowest BCUT2D eigenvalue weighted by Gasteiger charge is -2.06. The quantitative estimate of drug-likeness (QED) is 0.213. The lowest BCUT2D eigenvalue weighted by molar-refractivity contribution is -0.384. The molecule has 0 bridgehead atoms. The lowest BCUT2D eigenvalue weighted by atomic mass is 10.2. The third-order valence-electron chi connectivity index (χ3n) is 4.19. The predicted octanol–water partition coefficient (Wildman–Crippen LogP) is 4.89. The molecule has 1 amide bonds. The molecule has 0 spiro atoms. The molecule has 0 saturated heterocycles. The van der Waals surface area contributed by atoms with E-state index in [4.69, 9.17) is 4.74 Å². The summed E-state index contributed by atoms with van der Waals surface area (Å²) >= 11 is 2.95. The first-order valence-corrected chi connectivity index (χ1v) is 11.3. The van der Waals surface area contributed by atoms with E-state index in [2.05, 4.69) is 18.8 Å². The molecule has 9 heteroatoms. The van der Waals surface area contributed by atoms with Crippen LogP contribution in [0.1, 0.15) is 31.1 Å². The topological polar surface area (TPSA) is 86.7 Å². The molecular weight excluding hydrogens is 422 g/mol. The average Bonchev–Trinajstić information content (AvgIpc) is 3.04. The third-order valence-corrected chi connectivity index (χ3v) is 6.23. The molecule has 7 nitrogen and oxygen atoms in total. The summed E-state index contributed by atoms with van der Waals surface area (Å²) in [6.45, 7) is 7.65. The highest BCUT2D eigenvalue weighted by atomic mass is 32.2. The summed E-state index contributed by atoms with van der Waals surface area (Å²) in [6.07, 6.45) is 0. The summed E-state index contributed by atoms with van der Waals surface area (Å²) in [5, 5.41) is 11.5. The number of nitrogens with zero attached hydrogens (tertiary/aromatic N) is 3. The number of hydrogen-bond donors (Lipinski definition) is 0. The fourth-order valence-electron chi connectivity index (χ4n) is 2.90. The van der Waals surface area contributed by atoms with Gasteiger partial charge in [-0.25, -0.2) is 0 Å². The molecule has 1 aromatic heterocycles. The van der Waals surface area contributed by atoms with Gasteiger partial charge in [-0.3, -0.25) is 14.9 Å². The number of hydrogen-bond acceptors (Lipinski definition) is 6. The number of fused-ring (bicyclic) bond motifs is 1. The summed E-state index contributed by atoms with van der Waals surface area (Å²) < 4.78 is 8.05. The Hall–Kier alpha value is -2.49. The van der Waals surface area contributed by atoms with E-state index in [0.29, 0.717) is 40.1 Å². The maximum atomic E-state index is 12.9. The Morgan fingerprint density at radius 2 is 2.10 bits per heavy atom. The van der Waals surface area contributed by atoms with Crippen molar-refractivity contribution in [2.24, 2.45) is 4.99 Å². The van der Waals surface area contributed by atoms with E-state index in [-0.39, 0.29) is 11.6 Å². The van der Waals surface area contributed by atoms with Crippen LogP contribution in [0.2, 0.25) is 0 Å². The first kappa shape index (κ1) is 22.2. The van der Waals surface area contributed by atoms with E-state index in [0.717, 1.165) is 10.4 Å².